The topological polar surface area (TPSA) is 65.7 Å². The number of rotatable bonds is 4. The van der Waals surface area contributed by atoms with E-state index in [1.807, 2.05) is 12.3 Å². The minimum Gasteiger partial charge on any atom is -0.496 e. The predicted octanol–water partition coefficient (Wildman–Crippen LogP) is 1.28. The molecule has 0 saturated carbocycles. The second kappa shape index (κ2) is 4.81. The summed E-state index contributed by atoms with van der Waals surface area (Å²) in [4.78, 5) is 0. The zero-order chi connectivity index (χ0) is 13.2. The average molecular weight is 262 g/mol. The summed E-state index contributed by atoms with van der Waals surface area (Å²) in [6.45, 7) is 0.748. The van der Waals surface area contributed by atoms with Gasteiger partial charge in [-0.3, -0.25) is 4.68 Å². The first-order valence-electron chi connectivity index (χ1n) is 5.93. The molecule has 6 nitrogen and oxygen atoms in total. The highest BCUT2D eigenvalue weighted by Crippen LogP contribution is 2.42. The molecule has 2 aromatic rings. The van der Waals surface area contributed by atoms with Gasteiger partial charge in [-0.15, -0.1) is 0 Å². The van der Waals surface area contributed by atoms with E-state index in [0.717, 1.165) is 11.1 Å². The van der Waals surface area contributed by atoms with Crippen LogP contribution in [0.15, 0.2) is 24.5 Å². The van der Waals surface area contributed by atoms with Crippen LogP contribution in [0.1, 0.15) is 0 Å². The molecule has 0 saturated heterocycles. The van der Waals surface area contributed by atoms with Crippen molar-refractivity contribution in [3.05, 3.63) is 24.5 Å². The van der Waals surface area contributed by atoms with Crippen LogP contribution in [0.3, 0.4) is 0 Å². The van der Waals surface area contributed by atoms with E-state index in [2.05, 4.69) is 5.10 Å². The average Bonchev–Trinajstić information content (AvgIpc) is 3.05. The van der Waals surface area contributed by atoms with Gasteiger partial charge in [-0.25, -0.2) is 0 Å². The largest absolute Gasteiger partial charge is 0.496 e. The number of methoxy groups -OCH3 is 1. The molecule has 0 spiro atoms. The summed E-state index contributed by atoms with van der Waals surface area (Å²) in [6.07, 6.45) is 3.59. The van der Waals surface area contributed by atoms with Gasteiger partial charge in [0.25, 0.3) is 0 Å². The number of aliphatic hydroxyl groups is 1. The molecule has 1 aromatic carbocycles. The van der Waals surface area contributed by atoms with Crippen molar-refractivity contribution in [1.82, 2.24) is 9.78 Å². The van der Waals surface area contributed by atoms with Crippen molar-refractivity contribution in [2.45, 2.75) is 6.54 Å². The Morgan fingerprint density at radius 3 is 2.89 bits per heavy atom. The molecule has 0 aliphatic carbocycles. The molecular formula is C13H14N2O4. The Hall–Kier alpha value is -2.21. The van der Waals surface area contributed by atoms with Crippen LogP contribution in [0.4, 0.5) is 0 Å². The fraction of sp³-hybridized carbons (Fsp3) is 0.308. The Bertz CT molecular complexity index is 594. The van der Waals surface area contributed by atoms with Crippen molar-refractivity contribution < 1.29 is 19.3 Å². The highest BCUT2D eigenvalue weighted by molar-refractivity contribution is 5.73. The van der Waals surface area contributed by atoms with Gasteiger partial charge in [0.15, 0.2) is 11.5 Å². The Balaban J connectivity index is 2.02. The van der Waals surface area contributed by atoms with Crippen molar-refractivity contribution in [2.24, 2.45) is 0 Å². The summed E-state index contributed by atoms with van der Waals surface area (Å²) in [7, 11) is 1.61. The number of hydrogen-bond donors (Lipinski definition) is 1. The summed E-state index contributed by atoms with van der Waals surface area (Å²) in [5.74, 6) is 2.09. The monoisotopic (exact) mass is 262 g/mol. The minimum atomic E-state index is 0.0550. The molecule has 3 rings (SSSR count). The van der Waals surface area contributed by atoms with Crippen molar-refractivity contribution in [3.63, 3.8) is 0 Å². The van der Waals surface area contributed by atoms with Gasteiger partial charge in [0.05, 0.1) is 26.5 Å². The van der Waals surface area contributed by atoms with E-state index in [1.54, 1.807) is 24.1 Å². The first kappa shape index (κ1) is 11.9. The zero-order valence-electron chi connectivity index (χ0n) is 10.5. The second-order valence-electron chi connectivity index (χ2n) is 4.12. The van der Waals surface area contributed by atoms with Crippen molar-refractivity contribution >= 4 is 0 Å². The van der Waals surface area contributed by atoms with Gasteiger partial charge in [-0.1, -0.05) is 0 Å². The lowest BCUT2D eigenvalue weighted by Gasteiger charge is -2.08. The van der Waals surface area contributed by atoms with Crippen molar-refractivity contribution in [3.8, 4) is 28.4 Å². The number of fused-ring (bicyclic) bond motifs is 1. The van der Waals surface area contributed by atoms with Crippen LogP contribution in [0, 0.1) is 0 Å². The van der Waals surface area contributed by atoms with Gasteiger partial charge in [0.2, 0.25) is 6.79 Å². The molecule has 100 valence electrons. The second-order valence-corrected chi connectivity index (χ2v) is 4.12. The van der Waals surface area contributed by atoms with Gasteiger partial charge in [0, 0.05) is 23.4 Å². The Morgan fingerprint density at radius 1 is 1.37 bits per heavy atom. The lowest BCUT2D eigenvalue weighted by atomic mass is 10.1. The highest BCUT2D eigenvalue weighted by atomic mass is 16.7. The number of hydrogen-bond acceptors (Lipinski definition) is 5. The van der Waals surface area contributed by atoms with Gasteiger partial charge in [-0.2, -0.15) is 5.10 Å². The van der Waals surface area contributed by atoms with E-state index in [9.17, 15) is 0 Å². The van der Waals surface area contributed by atoms with Gasteiger partial charge in [-0.05, 0) is 6.07 Å². The molecule has 6 heteroatoms. The van der Waals surface area contributed by atoms with Gasteiger partial charge in [0.1, 0.15) is 5.75 Å². The molecule has 1 aliphatic rings. The number of ether oxygens (including phenoxy) is 3. The van der Waals surface area contributed by atoms with Crippen LogP contribution in [0.25, 0.3) is 11.1 Å². The van der Waals surface area contributed by atoms with Crippen LogP contribution in [-0.4, -0.2) is 35.4 Å². The maximum Gasteiger partial charge on any atom is 0.231 e. The normalized spacial score (nSPS) is 12.7. The molecule has 0 fully saturated rings. The van der Waals surface area contributed by atoms with E-state index < -0.39 is 0 Å². The summed E-state index contributed by atoms with van der Waals surface area (Å²) in [5.41, 5.74) is 1.79. The molecule has 1 aromatic heterocycles. The third-order valence-electron chi connectivity index (χ3n) is 2.97. The van der Waals surface area contributed by atoms with Crippen LogP contribution >= 0.6 is 0 Å². The molecule has 1 aliphatic heterocycles. The maximum absolute atomic E-state index is 8.91. The minimum absolute atomic E-state index is 0.0550. The molecule has 1 N–H and O–H groups in total. The Morgan fingerprint density at radius 2 is 2.16 bits per heavy atom. The first-order valence-corrected chi connectivity index (χ1v) is 5.93. The lowest BCUT2D eigenvalue weighted by Crippen LogP contribution is -2.01. The van der Waals surface area contributed by atoms with Gasteiger partial charge >= 0.3 is 0 Å². The molecule has 0 unspecified atom stereocenters. The van der Waals surface area contributed by atoms with Crippen LogP contribution in [-0.2, 0) is 6.54 Å². The molecular weight excluding hydrogens is 248 g/mol. The van der Waals surface area contributed by atoms with Crippen LogP contribution in [0.5, 0.6) is 17.2 Å². The smallest absolute Gasteiger partial charge is 0.231 e. The van der Waals surface area contributed by atoms with Gasteiger partial charge < -0.3 is 19.3 Å². The molecule has 0 radical (unpaired) electrons. The third kappa shape index (κ3) is 2.10. The molecule has 0 amide bonds. The number of benzene rings is 1. The summed E-state index contributed by atoms with van der Waals surface area (Å²) in [5, 5.41) is 13.1. The van der Waals surface area contributed by atoms with Crippen molar-refractivity contribution in [2.75, 3.05) is 20.5 Å². The highest BCUT2D eigenvalue weighted by Gasteiger charge is 2.19. The summed E-state index contributed by atoms with van der Waals surface area (Å²) >= 11 is 0. The molecule has 0 bridgehead atoms. The Labute approximate surface area is 110 Å². The molecule has 19 heavy (non-hydrogen) atoms. The standard InChI is InChI=1S/C13H14N2O4/c1-17-11-5-13-12(18-8-19-13)4-10(11)9-6-14-15(7-9)2-3-16/h4-7,16H,2-3,8H2,1H3. The molecule has 2 heterocycles. The summed E-state index contributed by atoms with van der Waals surface area (Å²) in [6, 6.07) is 3.68. The summed E-state index contributed by atoms with van der Waals surface area (Å²) < 4.78 is 17.7. The fourth-order valence-electron chi connectivity index (χ4n) is 2.05. The van der Waals surface area contributed by atoms with E-state index in [-0.39, 0.29) is 13.4 Å². The zero-order valence-corrected chi connectivity index (χ0v) is 10.5. The van der Waals surface area contributed by atoms with E-state index in [1.165, 1.54) is 0 Å². The first-order chi connectivity index (χ1) is 9.31. The van der Waals surface area contributed by atoms with E-state index in [0.29, 0.717) is 23.8 Å². The maximum atomic E-state index is 8.91. The SMILES string of the molecule is COc1cc2c(cc1-c1cnn(CCO)c1)OCO2. The van der Waals surface area contributed by atoms with Crippen molar-refractivity contribution in [1.29, 1.82) is 0 Å². The number of aromatic nitrogens is 2. The lowest BCUT2D eigenvalue weighted by molar-refractivity contribution is 0.174. The quantitative estimate of drug-likeness (QED) is 0.899. The van der Waals surface area contributed by atoms with E-state index >= 15 is 0 Å². The predicted molar refractivity (Wildman–Crippen MR) is 67.4 cm³/mol. The fourth-order valence-corrected chi connectivity index (χ4v) is 2.05. The molecule has 0 atom stereocenters. The number of aliphatic hydroxyl groups excluding tert-OH is 1. The Kier molecular flexibility index (Phi) is 3.00. The van der Waals surface area contributed by atoms with Crippen LogP contribution < -0.4 is 14.2 Å². The third-order valence-corrected chi connectivity index (χ3v) is 2.97. The number of nitrogens with zero attached hydrogens (tertiary/aromatic N) is 2. The van der Waals surface area contributed by atoms with E-state index in [4.69, 9.17) is 19.3 Å². The van der Waals surface area contributed by atoms with Crippen LogP contribution in [0.2, 0.25) is 0 Å².